The molecule has 3 aromatic rings. The topological polar surface area (TPSA) is 112 Å². The molecule has 0 bridgehead atoms. The van der Waals surface area contributed by atoms with Crippen molar-refractivity contribution in [2.45, 2.75) is 6.42 Å². The Morgan fingerprint density at radius 2 is 2.26 bits per heavy atom. The Morgan fingerprint density at radius 3 is 3.05 bits per heavy atom. The maximum Gasteiger partial charge on any atom is 0.417 e. The number of hydrogen-bond donors (Lipinski definition) is 3. The Bertz CT molecular complexity index is 812. The van der Waals surface area contributed by atoms with Gasteiger partial charge >= 0.3 is 11.7 Å². The fourth-order valence-electron chi connectivity index (χ4n) is 1.96. The minimum Gasteiger partial charge on any atom is -0.481 e. The molecule has 0 saturated carbocycles. The van der Waals surface area contributed by atoms with Crippen molar-refractivity contribution in [3.8, 4) is 11.3 Å². The zero-order valence-electron chi connectivity index (χ0n) is 9.64. The predicted molar refractivity (Wildman–Crippen MR) is 65.8 cm³/mol. The number of carboxylic acids is 1. The molecule has 0 saturated heterocycles. The Hall–Kier alpha value is -2.83. The number of carbonyl (C=O) groups is 1. The summed E-state index contributed by atoms with van der Waals surface area (Å²) in [6.07, 6.45) is 1.35. The highest BCUT2D eigenvalue weighted by Gasteiger charge is 2.12. The number of carboxylic acid groups (broad SMARTS) is 1. The smallest absolute Gasteiger partial charge is 0.417 e. The molecule has 0 aliphatic carbocycles. The van der Waals surface area contributed by atoms with Gasteiger partial charge < -0.3 is 9.52 Å². The summed E-state index contributed by atoms with van der Waals surface area (Å²) in [5.74, 6) is -1.46. The van der Waals surface area contributed by atoms with E-state index in [2.05, 4.69) is 15.2 Å². The van der Waals surface area contributed by atoms with Gasteiger partial charge in [-0.15, -0.1) is 0 Å². The SMILES string of the molecule is O=C(O)Cc1cn[nH]c1-c1ccc2[nH]c(=O)oc2c1. The van der Waals surface area contributed by atoms with E-state index in [-0.39, 0.29) is 6.42 Å². The van der Waals surface area contributed by atoms with Crippen molar-refractivity contribution < 1.29 is 14.3 Å². The van der Waals surface area contributed by atoms with E-state index in [4.69, 9.17) is 9.52 Å². The van der Waals surface area contributed by atoms with Gasteiger partial charge in [0.15, 0.2) is 5.58 Å². The van der Waals surface area contributed by atoms with Gasteiger partial charge in [0.05, 0.1) is 23.8 Å². The number of rotatable bonds is 3. The van der Waals surface area contributed by atoms with Gasteiger partial charge in [0, 0.05) is 11.1 Å². The number of aliphatic carboxylic acids is 1. The highest BCUT2D eigenvalue weighted by molar-refractivity contribution is 5.81. The van der Waals surface area contributed by atoms with Crippen molar-refractivity contribution in [3.63, 3.8) is 0 Å². The lowest BCUT2D eigenvalue weighted by atomic mass is 10.1. The fraction of sp³-hybridized carbons (Fsp3) is 0.0833. The molecular weight excluding hydrogens is 250 g/mol. The first-order valence-corrected chi connectivity index (χ1v) is 5.51. The predicted octanol–water partition coefficient (Wildman–Crippen LogP) is 1.14. The third-order valence-electron chi connectivity index (χ3n) is 2.77. The van der Waals surface area contributed by atoms with Crippen LogP contribution in [-0.4, -0.2) is 26.3 Å². The van der Waals surface area contributed by atoms with E-state index in [0.29, 0.717) is 27.9 Å². The number of H-pyrrole nitrogens is 2. The summed E-state index contributed by atoms with van der Waals surface area (Å²) in [6.45, 7) is 0. The molecule has 1 aromatic carbocycles. The normalized spacial score (nSPS) is 10.9. The molecule has 0 fully saturated rings. The number of benzene rings is 1. The monoisotopic (exact) mass is 259 g/mol. The van der Waals surface area contributed by atoms with E-state index in [9.17, 15) is 9.59 Å². The maximum absolute atomic E-state index is 11.1. The number of aromatic amines is 2. The molecule has 0 aliphatic heterocycles. The number of hydrogen-bond acceptors (Lipinski definition) is 4. The number of fused-ring (bicyclic) bond motifs is 1. The number of nitrogens with one attached hydrogen (secondary N) is 2. The first-order chi connectivity index (χ1) is 9.13. The molecule has 0 aliphatic rings. The van der Waals surface area contributed by atoms with E-state index < -0.39 is 11.7 Å². The summed E-state index contributed by atoms with van der Waals surface area (Å²) in [5, 5.41) is 15.4. The van der Waals surface area contributed by atoms with Crippen LogP contribution in [0.2, 0.25) is 0 Å². The molecular formula is C12H9N3O4. The number of nitrogens with zero attached hydrogens (tertiary/aromatic N) is 1. The fourth-order valence-corrected chi connectivity index (χ4v) is 1.96. The summed E-state index contributed by atoms with van der Waals surface area (Å²) >= 11 is 0. The van der Waals surface area contributed by atoms with Gasteiger partial charge in [-0.25, -0.2) is 4.79 Å². The number of aromatic nitrogens is 3. The van der Waals surface area contributed by atoms with Gasteiger partial charge in [0.25, 0.3) is 0 Å². The van der Waals surface area contributed by atoms with Gasteiger partial charge in [0.2, 0.25) is 0 Å². The van der Waals surface area contributed by atoms with E-state index in [1.54, 1.807) is 18.2 Å². The van der Waals surface area contributed by atoms with Gasteiger partial charge in [0.1, 0.15) is 0 Å². The van der Waals surface area contributed by atoms with Gasteiger partial charge in [-0.1, -0.05) is 6.07 Å². The van der Waals surface area contributed by atoms with Crippen LogP contribution in [0.25, 0.3) is 22.4 Å². The van der Waals surface area contributed by atoms with Gasteiger partial charge in [-0.05, 0) is 12.1 Å². The molecule has 0 radical (unpaired) electrons. The standard InChI is InChI=1S/C12H9N3O4/c16-10(17)4-7-5-13-15-11(7)6-1-2-8-9(3-6)19-12(18)14-8/h1-3,5H,4H2,(H,13,15)(H,14,18)(H,16,17). The Kier molecular flexibility index (Phi) is 2.45. The van der Waals surface area contributed by atoms with Crippen molar-refractivity contribution in [3.05, 3.63) is 40.5 Å². The Balaban J connectivity index is 2.11. The molecule has 0 amide bonds. The first-order valence-electron chi connectivity index (χ1n) is 5.51. The molecule has 0 unspecified atom stereocenters. The van der Waals surface area contributed by atoms with Crippen LogP contribution in [-0.2, 0) is 11.2 Å². The summed E-state index contributed by atoms with van der Waals surface area (Å²) in [5.41, 5.74) is 2.90. The maximum atomic E-state index is 11.1. The third kappa shape index (κ3) is 2.01. The molecule has 7 heteroatoms. The van der Waals surface area contributed by atoms with Crippen LogP contribution in [0, 0.1) is 0 Å². The minimum atomic E-state index is -0.933. The molecule has 3 N–H and O–H groups in total. The van der Waals surface area contributed by atoms with E-state index >= 15 is 0 Å². The highest BCUT2D eigenvalue weighted by Crippen LogP contribution is 2.24. The van der Waals surface area contributed by atoms with Crippen LogP contribution in [0.1, 0.15) is 5.56 Å². The minimum absolute atomic E-state index is 0.124. The molecule has 96 valence electrons. The molecule has 7 nitrogen and oxygen atoms in total. The van der Waals surface area contributed by atoms with Crippen LogP contribution in [0.5, 0.6) is 0 Å². The van der Waals surface area contributed by atoms with E-state index in [1.165, 1.54) is 6.20 Å². The third-order valence-corrected chi connectivity index (χ3v) is 2.77. The molecule has 0 spiro atoms. The van der Waals surface area contributed by atoms with Gasteiger partial charge in [-0.3, -0.25) is 14.9 Å². The molecule has 2 heterocycles. The average Bonchev–Trinajstić information content (AvgIpc) is 2.92. The highest BCUT2D eigenvalue weighted by atomic mass is 16.4. The lowest BCUT2D eigenvalue weighted by Gasteiger charge is -2.00. The number of oxazole rings is 1. The first kappa shape index (κ1) is 11.3. The summed E-state index contributed by atoms with van der Waals surface area (Å²) < 4.78 is 4.97. The van der Waals surface area contributed by atoms with Crippen LogP contribution >= 0.6 is 0 Å². The molecule has 3 rings (SSSR count). The van der Waals surface area contributed by atoms with E-state index in [1.807, 2.05) is 0 Å². The summed E-state index contributed by atoms with van der Waals surface area (Å²) in [4.78, 5) is 24.4. The Morgan fingerprint density at radius 1 is 1.42 bits per heavy atom. The van der Waals surface area contributed by atoms with Crippen LogP contribution < -0.4 is 5.76 Å². The second-order valence-electron chi connectivity index (χ2n) is 4.07. The molecule has 19 heavy (non-hydrogen) atoms. The summed E-state index contributed by atoms with van der Waals surface area (Å²) in [6, 6.07) is 5.11. The summed E-state index contributed by atoms with van der Waals surface area (Å²) in [7, 11) is 0. The molecule has 0 atom stereocenters. The van der Waals surface area contributed by atoms with E-state index in [0.717, 1.165) is 0 Å². The lowest BCUT2D eigenvalue weighted by molar-refractivity contribution is -0.136. The quantitative estimate of drug-likeness (QED) is 0.652. The van der Waals surface area contributed by atoms with Crippen LogP contribution in [0.3, 0.4) is 0 Å². The average molecular weight is 259 g/mol. The van der Waals surface area contributed by atoms with Crippen molar-refractivity contribution in [2.75, 3.05) is 0 Å². The second-order valence-corrected chi connectivity index (χ2v) is 4.07. The lowest BCUT2D eigenvalue weighted by Crippen LogP contribution is -2.00. The van der Waals surface area contributed by atoms with Gasteiger partial charge in [-0.2, -0.15) is 5.10 Å². The van der Waals surface area contributed by atoms with Crippen molar-refractivity contribution in [1.29, 1.82) is 0 Å². The van der Waals surface area contributed by atoms with Crippen LogP contribution in [0.4, 0.5) is 0 Å². The second kappa shape index (κ2) is 4.13. The van der Waals surface area contributed by atoms with Crippen molar-refractivity contribution in [2.24, 2.45) is 0 Å². The van der Waals surface area contributed by atoms with Crippen LogP contribution in [0.15, 0.2) is 33.6 Å². The zero-order chi connectivity index (χ0) is 13.4. The zero-order valence-corrected chi connectivity index (χ0v) is 9.64. The van der Waals surface area contributed by atoms with Crippen molar-refractivity contribution >= 4 is 17.1 Å². The largest absolute Gasteiger partial charge is 0.481 e. The van der Waals surface area contributed by atoms with Crippen molar-refractivity contribution in [1.82, 2.24) is 15.2 Å². The Labute approximate surface area is 105 Å². The molecule has 2 aromatic heterocycles.